The smallest absolute Gasteiger partial charge is 0.153 e. The number of hydrogen-bond donors (Lipinski definition) is 0. The molecule has 19 heavy (non-hydrogen) atoms. The van der Waals surface area contributed by atoms with Crippen LogP contribution >= 0.6 is 15.9 Å². The second kappa shape index (κ2) is 5.65. The van der Waals surface area contributed by atoms with Gasteiger partial charge in [-0.2, -0.15) is 5.10 Å². The lowest BCUT2D eigenvalue weighted by molar-refractivity contribution is 0.112. The van der Waals surface area contributed by atoms with Gasteiger partial charge >= 0.3 is 0 Å². The average Bonchev–Trinajstić information content (AvgIpc) is 2.71. The minimum Gasteiger partial charge on any atom is -0.298 e. The largest absolute Gasteiger partial charge is 0.298 e. The summed E-state index contributed by atoms with van der Waals surface area (Å²) in [6.45, 7) is 4.81. The molecule has 1 aromatic carbocycles. The molecule has 2 aromatic rings. The second-order valence-electron chi connectivity index (χ2n) is 4.79. The Morgan fingerprint density at radius 1 is 1.47 bits per heavy atom. The zero-order valence-electron chi connectivity index (χ0n) is 10.7. The van der Waals surface area contributed by atoms with Crippen LogP contribution in [0.3, 0.4) is 0 Å². The van der Waals surface area contributed by atoms with Crippen molar-refractivity contribution in [2.24, 2.45) is 5.92 Å². The lowest BCUT2D eigenvalue weighted by Gasteiger charge is -2.04. The number of aromatic nitrogens is 2. The molecule has 0 aliphatic heterocycles. The van der Waals surface area contributed by atoms with Gasteiger partial charge in [-0.1, -0.05) is 29.8 Å². The van der Waals surface area contributed by atoms with Crippen molar-refractivity contribution in [3.05, 3.63) is 40.2 Å². The molecule has 0 spiro atoms. The number of benzene rings is 1. The summed E-state index contributed by atoms with van der Waals surface area (Å²) < 4.78 is 16.3. The van der Waals surface area contributed by atoms with E-state index in [2.05, 4.69) is 34.9 Å². The summed E-state index contributed by atoms with van der Waals surface area (Å²) in [6.07, 6.45) is 2.37. The zero-order valence-corrected chi connectivity index (χ0v) is 12.3. The lowest BCUT2D eigenvalue weighted by atomic mass is 10.1. The van der Waals surface area contributed by atoms with Crippen molar-refractivity contribution in [2.45, 2.75) is 20.4 Å². The van der Waals surface area contributed by atoms with Crippen LogP contribution in [-0.4, -0.2) is 16.1 Å². The van der Waals surface area contributed by atoms with Gasteiger partial charge < -0.3 is 0 Å². The van der Waals surface area contributed by atoms with Crippen LogP contribution in [0.25, 0.3) is 11.3 Å². The Bertz CT molecular complexity index is 607. The highest BCUT2D eigenvalue weighted by Crippen LogP contribution is 2.26. The quantitative estimate of drug-likeness (QED) is 0.799. The van der Waals surface area contributed by atoms with Gasteiger partial charge in [0.15, 0.2) is 6.29 Å². The van der Waals surface area contributed by atoms with E-state index in [0.29, 0.717) is 40.0 Å². The summed E-state index contributed by atoms with van der Waals surface area (Å²) in [4.78, 5) is 11.1. The van der Waals surface area contributed by atoms with Crippen molar-refractivity contribution in [1.29, 1.82) is 0 Å². The van der Waals surface area contributed by atoms with Crippen LogP contribution in [0.2, 0.25) is 0 Å². The monoisotopic (exact) mass is 324 g/mol. The summed E-state index contributed by atoms with van der Waals surface area (Å²) >= 11 is 3.21. The van der Waals surface area contributed by atoms with Gasteiger partial charge in [0.05, 0.1) is 5.56 Å². The molecule has 0 radical (unpaired) electrons. The minimum atomic E-state index is -0.396. The van der Waals surface area contributed by atoms with E-state index in [9.17, 15) is 9.18 Å². The summed E-state index contributed by atoms with van der Waals surface area (Å²) in [5.41, 5.74) is 1.13. The van der Waals surface area contributed by atoms with Gasteiger partial charge in [0.25, 0.3) is 0 Å². The highest BCUT2D eigenvalue weighted by atomic mass is 79.9. The van der Waals surface area contributed by atoms with Crippen molar-refractivity contribution >= 4 is 22.2 Å². The maximum absolute atomic E-state index is 13.9. The third-order valence-corrected chi connectivity index (χ3v) is 3.15. The fourth-order valence-electron chi connectivity index (χ4n) is 1.88. The van der Waals surface area contributed by atoms with Crippen molar-refractivity contribution in [3.8, 4) is 11.3 Å². The summed E-state index contributed by atoms with van der Waals surface area (Å²) in [6, 6.07) is 4.72. The Morgan fingerprint density at radius 2 is 2.21 bits per heavy atom. The normalized spacial score (nSPS) is 11.0. The third kappa shape index (κ3) is 3.10. The molecular weight excluding hydrogens is 311 g/mol. The summed E-state index contributed by atoms with van der Waals surface area (Å²) in [5, 5.41) is 4.31. The van der Waals surface area contributed by atoms with Crippen LogP contribution in [0, 0.1) is 11.7 Å². The van der Waals surface area contributed by atoms with E-state index < -0.39 is 5.82 Å². The molecule has 0 unspecified atom stereocenters. The molecule has 5 heteroatoms. The predicted octanol–water partition coefficient (Wildman–Crippen LogP) is 3.92. The van der Waals surface area contributed by atoms with E-state index >= 15 is 0 Å². The Labute approximate surface area is 119 Å². The number of aldehydes is 1. The van der Waals surface area contributed by atoms with Gasteiger partial charge in [-0.25, -0.2) is 4.39 Å². The Balaban J connectivity index is 2.48. The fourth-order valence-corrected chi connectivity index (χ4v) is 2.21. The van der Waals surface area contributed by atoms with Crippen LogP contribution in [0.1, 0.15) is 24.2 Å². The molecule has 0 amide bonds. The van der Waals surface area contributed by atoms with Gasteiger partial charge in [-0.3, -0.25) is 9.48 Å². The van der Waals surface area contributed by atoms with Crippen molar-refractivity contribution < 1.29 is 9.18 Å². The molecule has 1 heterocycles. The highest BCUT2D eigenvalue weighted by Gasteiger charge is 2.15. The maximum Gasteiger partial charge on any atom is 0.153 e. The number of hydrogen-bond acceptors (Lipinski definition) is 2. The molecule has 100 valence electrons. The van der Waals surface area contributed by atoms with Gasteiger partial charge in [0.1, 0.15) is 11.5 Å². The molecule has 0 N–H and O–H groups in total. The van der Waals surface area contributed by atoms with Crippen LogP contribution in [0.15, 0.2) is 28.9 Å². The van der Waals surface area contributed by atoms with Crippen molar-refractivity contribution in [3.63, 3.8) is 0 Å². The second-order valence-corrected chi connectivity index (χ2v) is 5.71. The van der Waals surface area contributed by atoms with Gasteiger partial charge in [-0.05, 0) is 24.1 Å². The molecule has 0 bridgehead atoms. The maximum atomic E-state index is 13.9. The molecule has 0 atom stereocenters. The van der Waals surface area contributed by atoms with E-state index in [1.165, 1.54) is 6.07 Å². The molecule has 0 fully saturated rings. The van der Waals surface area contributed by atoms with Crippen LogP contribution in [0.4, 0.5) is 4.39 Å². The third-order valence-electron chi connectivity index (χ3n) is 2.66. The Hall–Kier alpha value is -1.49. The number of halogens is 2. The lowest BCUT2D eigenvalue weighted by Crippen LogP contribution is -2.04. The minimum absolute atomic E-state index is 0.341. The zero-order chi connectivity index (χ0) is 14.0. The molecule has 3 nitrogen and oxygen atoms in total. The summed E-state index contributed by atoms with van der Waals surface area (Å²) in [5.74, 6) is 0.00860. The Morgan fingerprint density at radius 3 is 2.79 bits per heavy atom. The average molecular weight is 325 g/mol. The molecule has 0 saturated carbocycles. The standard InChI is InChI=1S/C14H14BrFN2O/c1-9(2)6-18-7-10(8-19)14(17-18)12-4-3-11(15)5-13(12)16/h3-5,7-9H,6H2,1-2H3. The molecule has 2 rings (SSSR count). The molecule has 0 saturated heterocycles. The van der Waals surface area contributed by atoms with Crippen LogP contribution in [0.5, 0.6) is 0 Å². The summed E-state index contributed by atoms with van der Waals surface area (Å²) in [7, 11) is 0. The molecule has 0 aliphatic carbocycles. The number of nitrogens with zero attached hydrogens (tertiary/aromatic N) is 2. The van der Waals surface area contributed by atoms with Gasteiger partial charge in [0.2, 0.25) is 0 Å². The van der Waals surface area contributed by atoms with Crippen LogP contribution < -0.4 is 0 Å². The van der Waals surface area contributed by atoms with Crippen LogP contribution in [-0.2, 0) is 6.54 Å². The van der Waals surface area contributed by atoms with E-state index in [-0.39, 0.29) is 0 Å². The first kappa shape index (κ1) is 13.9. The fraction of sp³-hybridized carbons (Fsp3) is 0.286. The molecule has 0 aliphatic rings. The van der Waals surface area contributed by atoms with E-state index in [4.69, 9.17) is 0 Å². The SMILES string of the molecule is CC(C)Cn1cc(C=O)c(-c2ccc(Br)cc2F)n1. The van der Waals surface area contributed by atoms with E-state index in [0.717, 1.165) is 0 Å². The first-order chi connectivity index (χ1) is 9.01. The highest BCUT2D eigenvalue weighted by molar-refractivity contribution is 9.10. The first-order valence-corrected chi connectivity index (χ1v) is 6.78. The molecule has 1 aromatic heterocycles. The first-order valence-electron chi connectivity index (χ1n) is 5.99. The Kier molecular flexibility index (Phi) is 4.14. The number of carbonyl (C=O) groups excluding carboxylic acids is 1. The van der Waals surface area contributed by atoms with E-state index in [1.54, 1.807) is 23.0 Å². The number of rotatable bonds is 4. The van der Waals surface area contributed by atoms with Crippen molar-refractivity contribution in [2.75, 3.05) is 0 Å². The number of carbonyl (C=O) groups is 1. The van der Waals surface area contributed by atoms with Crippen molar-refractivity contribution in [1.82, 2.24) is 9.78 Å². The van der Waals surface area contributed by atoms with Gasteiger partial charge in [0, 0.05) is 22.8 Å². The van der Waals surface area contributed by atoms with Gasteiger partial charge in [-0.15, -0.1) is 0 Å². The topological polar surface area (TPSA) is 34.9 Å². The van der Waals surface area contributed by atoms with E-state index in [1.807, 2.05) is 0 Å². The predicted molar refractivity (Wildman–Crippen MR) is 75.5 cm³/mol. The molecular formula is C14H14BrFN2O.